The molecule has 2 amide bonds. The summed E-state index contributed by atoms with van der Waals surface area (Å²) >= 11 is 0. The van der Waals surface area contributed by atoms with Crippen molar-refractivity contribution in [1.29, 1.82) is 0 Å². The Morgan fingerprint density at radius 1 is 1.25 bits per heavy atom. The van der Waals surface area contributed by atoms with Crippen LogP contribution in [0.4, 0.5) is 4.79 Å². The first-order valence-corrected chi connectivity index (χ1v) is 6.75. The number of carbonyl (C=O) groups is 2. The first-order chi connectivity index (χ1) is 9.46. The summed E-state index contributed by atoms with van der Waals surface area (Å²) < 4.78 is 9.91. The molecule has 0 spiro atoms. The van der Waals surface area contributed by atoms with Crippen LogP contribution in [0.15, 0.2) is 0 Å². The first-order valence-electron chi connectivity index (χ1n) is 6.75. The number of likely N-dealkylation sites (tertiary alicyclic amines) is 1. The average molecular weight is 287 g/mol. The first kappa shape index (κ1) is 16.7. The second-order valence-corrected chi connectivity index (χ2v) is 5.16. The standard InChI is InChI=1S/C13H25N3O4/c1-15(2)12(18)16-8-5-13(6-9-16,11(17)20-4)14-7-10-19-3/h14H,5-10H2,1-4H3. The van der Waals surface area contributed by atoms with Crippen LogP contribution in [-0.4, -0.2) is 81.9 Å². The highest BCUT2D eigenvalue weighted by Crippen LogP contribution is 2.24. The van der Waals surface area contributed by atoms with Gasteiger partial charge in [0.2, 0.25) is 0 Å². The second kappa shape index (κ2) is 7.44. The van der Waals surface area contributed by atoms with Crippen molar-refractivity contribution < 1.29 is 19.1 Å². The van der Waals surface area contributed by atoms with E-state index in [0.29, 0.717) is 39.1 Å². The molecule has 0 unspecified atom stereocenters. The highest BCUT2D eigenvalue weighted by Gasteiger charge is 2.43. The summed E-state index contributed by atoms with van der Waals surface area (Å²) in [5.74, 6) is -0.273. The number of hydrogen-bond donors (Lipinski definition) is 1. The molecule has 1 aliphatic rings. The van der Waals surface area contributed by atoms with E-state index in [1.807, 2.05) is 0 Å². The molecule has 20 heavy (non-hydrogen) atoms. The molecule has 7 heteroatoms. The molecule has 0 bridgehead atoms. The molecule has 1 fully saturated rings. The van der Waals surface area contributed by atoms with Crippen molar-refractivity contribution in [2.24, 2.45) is 0 Å². The van der Waals surface area contributed by atoms with Crippen molar-refractivity contribution in [2.45, 2.75) is 18.4 Å². The number of methoxy groups -OCH3 is 2. The number of ether oxygens (including phenoxy) is 2. The van der Waals surface area contributed by atoms with Gasteiger partial charge in [-0.05, 0) is 12.8 Å². The summed E-state index contributed by atoms with van der Waals surface area (Å²) in [6, 6.07) is -0.0274. The van der Waals surface area contributed by atoms with Gasteiger partial charge in [-0.3, -0.25) is 10.1 Å². The molecule has 0 saturated carbocycles. The van der Waals surface area contributed by atoms with Crippen LogP contribution in [-0.2, 0) is 14.3 Å². The van der Waals surface area contributed by atoms with Gasteiger partial charge in [-0.15, -0.1) is 0 Å². The van der Waals surface area contributed by atoms with E-state index in [1.54, 1.807) is 31.0 Å². The normalized spacial score (nSPS) is 17.7. The Kier molecular flexibility index (Phi) is 6.22. The minimum absolute atomic E-state index is 0.0274. The number of esters is 1. The molecule has 0 radical (unpaired) electrons. The Bertz CT molecular complexity index is 339. The van der Waals surface area contributed by atoms with E-state index in [9.17, 15) is 9.59 Å². The summed E-state index contributed by atoms with van der Waals surface area (Å²) in [6.45, 7) is 2.17. The molecule has 0 atom stereocenters. The van der Waals surface area contributed by atoms with Crippen LogP contribution in [0.5, 0.6) is 0 Å². The Labute approximate surface area is 120 Å². The predicted octanol–water partition coefficient (Wildman–Crippen LogP) is -0.0884. The van der Waals surface area contributed by atoms with Gasteiger partial charge in [0.15, 0.2) is 0 Å². The van der Waals surface area contributed by atoms with Gasteiger partial charge in [-0.2, -0.15) is 0 Å². The fraction of sp³-hybridized carbons (Fsp3) is 0.846. The van der Waals surface area contributed by atoms with Gasteiger partial charge >= 0.3 is 12.0 Å². The summed E-state index contributed by atoms with van der Waals surface area (Å²) in [5, 5.41) is 3.22. The lowest BCUT2D eigenvalue weighted by Gasteiger charge is -2.40. The molecular weight excluding hydrogens is 262 g/mol. The smallest absolute Gasteiger partial charge is 0.326 e. The lowest BCUT2D eigenvalue weighted by Crippen LogP contribution is -2.60. The molecule has 0 aromatic carbocycles. The maximum absolute atomic E-state index is 12.1. The van der Waals surface area contributed by atoms with Crippen molar-refractivity contribution in [3.63, 3.8) is 0 Å². The van der Waals surface area contributed by atoms with E-state index in [4.69, 9.17) is 9.47 Å². The number of rotatable bonds is 5. The van der Waals surface area contributed by atoms with Gasteiger partial charge in [0.1, 0.15) is 5.54 Å². The van der Waals surface area contributed by atoms with Crippen LogP contribution in [0, 0.1) is 0 Å². The Balaban J connectivity index is 2.66. The highest BCUT2D eigenvalue weighted by molar-refractivity contribution is 5.81. The minimum Gasteiger partial charge on any atom is -0.468 e. The maximum Gasteiger partial charge on any atom is 0.326 e. The van der Waals surface area contributed by atoms with Gasteiger partial charge < -0.3 is 19.3 Å². The zero-order valence-electron chi connectivity index (χ0n) is 12.8. The lowest BCUT2D eigenvalue weighted by atomic mass is 9.87. The van der Waals surface area contributed by atoms with Crippen molar-refractivity contribution >= 4 is 12.0 Å². The number of urea groups is 1. The van der Waals surface area contributed by atoms with E-state index < -0.39 is 5.54 Å². The number of amides is 2. The third-order valence-corrected chi connectivity index (χ3v) is 3.62. The monoisotopic (exact) mass is 287 g/mol. The van der Waals surface area contributed by atoms with E-state index in [1.165, 1.54) is 7.11 Å². The van der Waals surface area contributed by atoms with Crippen molar-refractivity contribution in [3.05, 3.63) is 0 Å². The fourth-order valence-corrected chi connectivity index (χ4v) is 2.40. The molecule has 1 rings (SSSR count). The summed E-state index contributed by atoms with van der Waals surface area (Å²) in [6.07, 6.45) is 1.09. The van der Waals surface area contributed by atoms with E-state index >= 15 is 0 Å². The molecule has 1 aliphatic heterocycles. The Hall–Kier alpha value is -1.34. The molecule has 116 valence electrons. The largest absolute Gasteiger partial charge is 0.468 e. The molecule has 0 aliphatic carbocycles. The van der Waals surface area contributed by atoms with Crippen LogP contribution in [0.25, 0.3) is 0 Å². The Morgan fingerprint density at radius 2 is 1.85 bits per heavy atom. The molecule has 7 nitrogen and oxygen atoms in total. The topological polar surface area (TPSA) is 71.1 Å². The van der Waals surface area contributed by atoms with Gasteiger partial charge in [0.05, 0.1) is 13.7 Å². The third kappa shape index (κ3) is 3.83. The Morgan fingerprint density at radius 3 is 2.30 bits per heavy atom. The van der Waals surface area contributed by atoms with Gasteiger partial charge in [0.25, 0.3) is 0 Å². The van der Waals surface area contributed by atoms with Crippen LogP contribution < -0.4 is 5.32 Å². The summed E-state index contributed by atoms with van der Waals surface area (Å²) in [4.78, 5) is 27.3. The average Bonchev–Trinajstić information content (AvgIpc) is 2.46. The quantitative estimate of drug-likeness (QED) is 0.565. The van der Waals surface area contributed by atoms with Gasteiger partial charge in [-0.25, -0.2) is 4.79 Å². The van der Waals surface area contributed by atoms with E-state index in [2.05, 4.69) is 5.32 Å². The number of nitrogens with one attached hydrogen (secondary N) is 1. The van der Waals surface area contributed by atoms with Gasteiger partial charge in [0, 0.05) is 40.8 Å². The molecule has 0 aromatic rings. The predicted molar refractivity (Wildman–Crippen MR) is 74.5 cm³/mol. The minimum atomic E-state index is -0.712. The van der Waals surface area contributed by atoms with Crippen molar-refractivity contribution in [2.75, 3.05) is 54.6 Å². The molecule has 1 heterocycles. The van der Waals surface area contributed by atoms with Crippen molar-refractivity contribution in [3.8, 4) is 0 Å². The molecular formula is C13H25N3O4. The third-order valence-electron chi connectivity index (χ3n) is 3.62. The molecule has 0 aromatic heterocycles. The SMILES string of the molecule is COCCNC1(C(=O)OC)CCN(C(=O)N(C)C)CC1. The number of nitrogens with zero attached hydrogens (tertiary/aromatic N) is 2. The number of hydrogen-bond acceptors (Lipinski definition) is 5. The van der Waals surface area contributed by atoms with Crippen LogP contribution in [0.3, 0.4) is 0 Å². The van der Waals surface area contributed by atoms with Crippen LogP contribution >= 0.6 is 0 Å². The molecule has 1 saturated heterocycles. The summed E-state index contributed by atoms with van der Waals surface area (Å²) in [5.41, 5.74) is -0.712. The lowest BCUT2D eigenvalue weighted by molar-refractivity contribution is -0.150. The van der Waals surface area contributed by atoms with E-state index in [0.717, 1.165) is 0 Å². The van der Waals surface area contributed by atoms with Crippen molar-refractivity contribution in [1.82, 2.24) is 15.1 Å². The molecule has 1 N–H and O–H groups in total. The summed E-state index contributed by atoms with van der Waals surface area (Å²) in [7, 11) is 6.45. The van der Waals surface area contributed by atoms with E-state index in [-0.39, 0.29) is 12.0 Å². The zero-order chi connectivity index (χ0) is 15.2. The maximum atomic E-state index is 12.1. The second-order valence-electron chi connectivity index (χ2n) is 5.16. The highest BCUT2D eigenvalue weighted by atomic mass is 16.5. The van der Waals surface area contributed by atoms with Crippen LogP contribution in [0.2, 0.25) is 0 Å². The number of piperidine rings is 1. The zero-order valence-corrected chi connectivity index (χ0v) is 12.8. The van der Waals surface area contributed by atoms with Crippen LogP contribution in [0.1, 0.15) is 12.8 Å². The fourth-order valence-electron chi connectivity index (χ4n) is 2.40. The number of carbonyl (C=O) groups excluding carboxylic acids is 2. The van der Waals surface area contributed by atoms with Gasteiger partial charge in [-0.1, -0.05) is 0 Å².